The summed E-state index contributed by atoms with van der Waals surface area (Å²) in [5.74, 6) is 1.92. The zero-order valence-electron chi connectivity index (χ0n) is 12.4. The molecule has 0 spiro atoms. The maximum Gasteiger partial charge on any atom is 0.243 e. The standard InChI is InChI=1S/C14H25N3O2/c1-10(17-7-5-11(9-18)6-8-17)12-15-13(16-19-12)14(2,3)4/h10-11,18H,5-9H2,1-4H3. The van der Waals surface area contributed by atoms with E-state index in [9.17, 15) is 0 Å². The summed E-state index contributed by atoms with van der Waals surface area (Å²) in [5.41, 5.74) is -0.0780. The molecule has 0 aliphatic carbocycles. The fraction of sp³-hybridized carbons (Fsp3) is 0.857. The summed E-state index contributed by atoms with van der Waals surface area (Å²) in [6.07, 6.45) is 2.09. The van der Waals surface area contributed by atoms with Gasteiger partial charge in [0.05, 0.1) is 6.04 Å². The summed E-state index contributed by atoms with van der Waals surface area (Å²) in [7, 11) is 0. The number of hydrogen-bond acceptors (Lipinski definition) is 5. The number of aliphatic hydroxyl groups excluding tert-OH is 1. The minimum atomic E-state index is -0.0780. The minimum Gasteiger partial charge on any atom is -0.396 e. The number of rotatable bonds is 3. The first-order valence-corrected chi connectivity index (χ1v) is 7.11. The Morgan fingerprint density at radius 2 is 2.00 bits per heavy atom. The lowest BCUT2D eigenvalue weighted by molar-refractivity contribution is 0.0929. The van der Waals surface area contributed by atoms with Crippen LogP contribution in [0, 0.1) is 5.92 Å². The SMILES string of the molecule is CC(c1nc(C(C)(C)C)no1)N1CCC(CO)CC1. The van der Waals surface area contributed by atoms with E-state index >= 15 is 0 Å². The van der Waals surface area contributed by atoms with Crippen molar-refractivity contribution in [2.45, 2.75) is 52.0 Å². The Bertz CT molecular complexity index is 403. The molecule has 1 aromatic heterocycles. The predicted molar refractivity (Wildman–Crippen MR) is 72.8 cm³/mol. The summed E-state index contributed by atoms with van der Waals surface area (Å²) < 4.78 is 5.41. The van der Waals surface area contributed by atoms with E-state index in [2.05, 4.69) is 42.7 Å². The molecule has 2 rings (SSSR count). The lowest BCUT2D eigenvalue weighted by Crippen LogP contribution is -2.36. The molecule has 5 nitrogen and oxygen atoms in total. The molecule has 0 bridgehead atoms. The van der Waals surface area contributed by atoms with E-state index in [-0.39, 0.29) is 11.5 Å². The van der Waals surface area contributed by atoms with Gasteiger partial charge in [0.15, 0.2) is 5.82 Å². The quantitative estimate of drug-likeness (QED) is 0.909. The van der Waals surface area contributed by atoms with Gasteiger partial charge in [0.2, 0.25) is 5.89 Å². The highest BCUT2D eigenvalue weighted by molar-refractivity contribution is 5.02. The Labute approximate surface area is 115 Å². The highest BCUT2D eigenvalue weighted by atomic mass is 16.5. The van der Waals surface area contributed by atoms with E-state index in [0.29, 0.717) is 18.4 Å². The number of hydrogen-bond donors (Lipinski definition) is 1. The maximum atomic E-state index is 9.17. The molecule has 19 heavy (non-hydrogen) atoms. The zero-order valence-corrected chi connectivity index (χ0v) is 12.4. The van der Waals surface area contributed by atoms with Crippen LogP contribution < -0.4 is 0 Å². The molecule has 1 N–H and O–H groups in total. The van der Waals surface area contributed by atoms with Crippen LogP contribution in [0.1, 0.15) is 58.3 Å². The lowest BCUT2D eigenvalue weighted by atomic mass is 9.96. The lowest BCUT2D eigenvalue weighted by Gasteiger charge is -2.33. The third-order valence-corrected chi connectivity index (χ3v) is 3.92. The highest BCUT2D eigenvalue weighted by Crippen LogP contribution is 2.27. The molecular formula is C14H25N3O2. The second kappa shape index (κ2) is 5.59. The number of piperidine rings is 1. The summed E-state index contributed by atoms with van der Waals surface area (Å²) >= 11 is 0. The molecule has 0 saturated carbocycles. The monoisotopic (exact) mass is 267 g/mol. The molecule has 1 aromatic rings. The zero-order chi connectivity index (χ0) is 14.0. The number of aromatic nitrogens is 2. The molecule has 1 aliphatic heterocycles. The van der Waals surface area contributed by atoms with Gasteiger partial charge in [0, 0.05) is 12.0 Å². The van der Waals surface area contributed by atoms with Gasteiger partial charge in [-0.15, -0.1) is 0 Å². The Balaban J connectivity index is 2.00. The molecule has 0 amide bonds. The van der Waals surface area contributed by atoms with Crippen LogP contribution in [0.15, 0.2) is 4.52 Å². The largest absolute Gasteiger partial charge is 0.396 e. The van der Waals surface area contributed by atoms with Crippen LogP contribution in [-0.2, 0) is 5.41 Å². The third kappa shape index (κ3) is 3.34. The number of likely N-dealkylation sites (tertiary alicyclic amines) is 1. The van der Waals surface area contributed by atoms with Crippen LogP contribution in [-0.4, -0.2) is 39.8 Å². The fourth-order valence-corrected chi connectivity index (χ4v) is 2.39. The van der Waals surface area contributed by atoms with Gasteiger partial charge < -0.3 is 9.63 Å². The molecule has 108 valence electrons. The van der Waals surface area contributed by atoms with Gasteiger partial charge in [-0.05, 0) is 38.8 Å². The van der Waals surface area contributed by atoms with E-state index in [0.717, 1.165) is 31.8 Å². The van der Waals surface area contributed by atoms with Crippen molar-refractivity contribution < 1.29 is 9.63 Å². The Kier molecular flexibility index (Phi) is 4.26. The Hall–Kier alpha value is -0.940. The van der Waals surface area contributed by atoms with Crippen LogP contribution in [0.2, 0.25) is 0 Å². The Morgan fingerprint density at radius 3 is 2.47 bits per heavy atom. The molecule has 1 saturated heterocycles. The van der Waals surface area contributed by atoms with Crippen LogP contribution in [0.25, 0.3) is 0 Å². The van der Waals surface area contributed by atoms with Gasteiger partial charge >= 0.3 is 0 Å². The average molecular weight is 267 g/mol. The highest BCUT2D eigenvalue weighted by Gasteiger charge is 2.28. The summed E-state index contributed by atoms with van der Waals surface area (Å²) in [6.45, 7) is 10.6. The molecular weight excluding hydrogens is 242 g/mol. The van der Waals surface area contributed by atoms with Crippen molar-refractivity contribution in [1.29, 1.82) is 0 Å². The van der Waals surface area contributed by atoms with Crippen molar-refractivity contribution in [3.63, 3.8) is 0 Å². The third-order valence-electron chi connectivity index (χ3n) is 3.92. The molecule has 0 aromatic carbocycles. The van der Waals surface area contributed by atoms with Crippen LogP contribution in [0.4, 0.5) is 0 Å². The molecule has 0 radical (unpaired) electrons. The number of nitrogens with zero attached hydrogens (tertiary/aromatic N) is 3. The first kappa shape index (κ1) is 14.5. The minimum absolute atomic E-state index is 0.0780. The van der Waals surface area contributed by atoms with Crippen LogP contribution >= 0.6 is 0 Å². The average Bonchev–Trinajstić information content (AvgIpc) is 2.87. The topological polar surface area (TPSA) is 62.4 Å². The number of aliphatic hydroxyl groups is 1. The molecule has 1 atom stereocenters. The van der Waals surface area contributed by atoms with Crippen molar-refractivity contribution >= 4 is 0 Å². The molecule has 5 heteroatoms. The van der Waals surface area contributed by atoms with E-state index in [4.69, 9.17) is 9.63 Å². The van der Waals surface area contributed by atoms with Gasteiger partial charge in [-0.1, -0.05) is 25.9 Å². The summed E-state index contributed by atoms with van der Waals surface area (Å²) in [4.78, 5) is 6.88. The fourth-order valence-electron chi connectivity index (χ4n) is 2.39. The van der Waals surface area contributed by atoms with Crippen LogP contribution in [0.3, 0.4) is 0 Å². The van der Waals surface area contributed by atoms with Gasteiger partial charge in [0.25, 0.3) is 0 Å². The first-order chi connectivity index (χ1) is 8.91. The van der Waals surface area contributed by atoms with Gasteiger partial charge in [-0.2, -0.15) is 4.98 Å². The van der Waals surface area contributed by atoms with Gasteiger partial charge in [-0.3, -0.25) is 4.90 Å². The molecule has 1 aliphatic rings. The molecule has 2 heterocycles. The predicted octanol–water partition coefficient (Wildman–Crippen LogP) is 2.13. The van der Waals surface area contributed by atoms with E-state index in [1.165, 1.54) is 0 Å². The van der Waals surface area contributed by atoms with Crippen molar-refractivity contribution in [2.75, 3.05) is 19.7 Å². The molecule has 1 fully saturated rings. The summed E-state index contributed by atoms with van der Waals surface area (Å²) in [6, 6.07) is 0.156. The van der Waals surface area contributed by atoms with Crippen LogP contribution in [0.5, 0.6) is 0 Å². The normalized spacial score (nSPS) is 20.7. The first-order valence-electron chi connectivity index (χ1n) is 7.11. The van der Waals surface area contributed by atoms with E-state index < -0.39 is 0 Å². The van der Waals surface area contributed by atoms with E-state index in [1.807, 2.05) is 0 Å². The smallest absolute Gasteiger partial charge is 0.243 e. The summed E-state index contributed by atoms with van der Waals surface area (Å²) in [5, 5.41) is 13.2. The van der Waals surface area contributed by atoms with Gasteiger partial charge in [0.1, 0.15) is 0 Å². The Morgan fingerprint density at radius 1 is 1.37 bits per heavy atom. The second-order valence-electron chi connectivity index (χ2n) is 6.54. The second-order valence-corrected chi connectivity index (χ2v) is 6.54. The van der Waals surface area contributed by atoms with Crippen molar-refractivity contribution in [1.82, 2.24) is 15.0 Å². The molecule has 1 unspecified atom stereocenters. The van der Waals surface area contributed by atoms with Crippen molar-refractivity contribution in [2.24, 2.45) is 5.92 Å². The van der Waals surface area contributed by atoms with Gasteiger partial charge in [-0.25, -0.2) is 0 Å². The van der Waals surface area contributed by atoms with Crippen molar-refractivity contribution in [3.05, 3.63) is 11.7 Å². The van der Waals surface area contributed by atoms with E-state index in [1.54, 1.807) is 0 Å². The van der Waals surface area contributed by atoms with Crippen molar-refractivity contribution in [3.8, 4) is 0 Å². The maximum absolute atomic E-state index is 9.17.